The summed E-state index contributed by atoms with van der Waals surface area (Å²) in [7, 11) is 3.47. The van der Waals surface area contributed by atoms with Crippen molar-refractivity contribution in [3.63, 3.8) is 0 Å². The molecule has 0 saturated carbocycles. The minimum Gasteiger partial charge on any atom is -0.497 e. The molecule has 1 amide bonds. The highest BCUT2D eigenvalue weighted by molar-refractivity contribution is 5.90. The summed E-state index contributed by atoms with van der Waals surface area (Å²) in [5.41, 5.74) is 2.97. The molecule has 0 atom stereocenters. The van der Waals surface area contributed by atoms with Crippen LogP contribution in [0, 0.1) is 12.8 Å². The standard InChI is InChI=1S/C27H33N3O3/c1-20-25(23-9-11-24(32-3)12-10-23)28-26(33-20)27(31)29(2)16-13-21-14-17-30(18-15-21)19-22-7-5-4-6-8-22/h4-12,21H,13-19H2,1-3H3. The molecule has 0 bridgehead atoms. The van der Waals surface area contributed by atoms with Crippen molar-refractivity contribution in [2.75, 3.05) is 33.8 Å². The van der Waals surface area contributed by atoms with E-state index in [1.165, 1.54) is 18.4 Å². The van der Waals surface area contributed by atoms with Crippen LogP contribution in [-0.4, -0.2) is 54.5 Å². The molecule has 174 valence electrons. The van der Waals surface area contributed by atoms with Crippen molar-refractivity contribution in [1.82, 2.24) is 14.8 Å². The van der Waals surface area contributed by atoms with Crippen LogP contribution in [-0.2, 0) is 6.54 Å². The quantitative estimate of drug-likeness (QED) is 0.485. The molecule has 2 heterocycles. The van der Waals surface area contributed by atoms with E-state index in [9.17, 15) is 4.79 Å². The lowest BCUT2D eigenvalue weighted by atomic mass is 9.93. The second-order valence-electron chi connectivity index (χ2n) is 8.87. The maximum absolute atomic E-state index is 12.9. The first-order chi connectivity index (χ1) is 16.0. The molecule has 0 unspecified atom stereocenters. The molecule has 33 heavy (non-hydrogen) atoms. The van der Waals surface area contributed by atoms with Gasteiger partial charge in [-0.2, -0.15) is 0 Å². The predicted octanol–water partition coefficient (Wildman–Crippen LogP) is 5.03. The Hall–Kier alpha value is -3.12. The van der Waals surface area contributed by atoms with Gasteiger partial charge < -0.3 is 14.1 Å². The smallest absolute Gasteiger partial charge is 0.309 e. The minimum atomic E-state index is -0.167. The molecule has 0 radical (unpaired) electrons. The number of piperidine rings is 1. The van der Waals surface area contributed by atoms with E-state index in [4.69, 9.17) is 9.15 Å². The average molecular weight is 448 g/mol. The van der Waals surface area contributed by atoms with Crippen molar-refractivity contribution in [1.29, 1.82) is 0 Å². The van der Waals surface area contributed by atoms with Gasteiger partial charge in [-0.15, -0.1) is 0 Å². The van der Waals surface area contributed by atoms with Gasteiger partial charge in [0, 0.05) is 25.7 Å². The zero-order valence-electron chi connectivity index (χ0n) is 19.8. The van der Waals surface area contributed by atoms with Gasteiger partial charge >= 0.3 is 5.91 Å². The van der Waals surface area contributed by atoms with Crippen LogP contribution in [0.4, 0.5) is 0 Å². The summed E-state index contributed by atoms with van der Waals surface area (Å²) in [5, 5.41) is 0. The Morgan fingerprint density at radius 1 is 1.12 bits per heavy atom. The van der Waals surface area contributed by atoms with Crippen molar-refractivity contribution in [2.45, 2.75) is 32.7 Å². The molecule has 2 aromatic carbocycles. The van der Waals surface area contributed by atoms with Crippen LogP contribution < -0.4 is 4.74 Å². The van der Waals surface area contributed by atoms with Crippen molar-refractivity contribution in [2.24, 2.45) is 5.92 Å². The molecule has 0 N–H and O–H groups in total. The number of aromatic nitrogens is 1. The summed E-state index contributed by atoms with van der Waals surface area (Å²) in [6.45, 7) is 5.79. The summed E-state index contributed by atoms with van der Waals surface area (Å²) >= 11 is 0. The topological polar surface area (TPSA) is 58.8 Å². The Labute approximate surface area is 196 Å². The van der Waals surface area contributed by atoms with Crippen molar-refractivity contribution in [3.05, 3.63) is 71.8 Å². The van der Waals surface area contributed by atoms with E-state index >= 15 is 0 Å². The summed E-state index contributed by atoms with van der Waals surface area (Å²) < 4.78 is 10.9. The lowest BCUT2D eigenvalue weighted by Crippen LogP contribution is -2.35. The molecule has 1 aliphatic rings. The maximum Gasteiger partial charge on any atom is 0.309 e. The number of hydrogen-bond donors (Lipinski definition) is 0. The zero-order chi connectivity index (χ0) is 23.2. The highest BCUT2D eigenvalue weighted by atomic mass is 16.5. The number of hydrogen-bond acceptors (Lipinski definition) is 5. The van der Waals surface area contributed by atoms with Gasteiger partial charge in [0.05, 0.1) is 7.11 Å². The lowest BCUT2D eigenvalue weighted by molar-refractivity contribution is 0.0736. The number of benzene rings is 2. The van der Waals surface area contributed by atoms with Crippen LogP contribution >= 0.6 is 0 Å². The van der Waals surface area contributed by atoms with E-state index in [0.717, 1.165) is 37.4 Å². The molecule has 1 aliphatic heterocycles. The largest absolute Gasteiger partial charge is 0.497 e. The maximum atomic E-state index is 12.9. The molecular formula is C27H33N3O3. The summed E-state index contributed by atoms with van der Waals surface area (Å²) in [5.74, 6) is 2.05. The van der Waals surface area contributed by atoms with Gasteiger partial charge in [0.1, 0.15) is 17.2 Å². The third-order valence-electron chi connectivity index (χ3n) is 6.52. The lowest BCUT2D eigenvalue weighted by Gasteiger charge is -2.32. The van der Waals surface area contributed by atoms with Crippen LogP contribution in [0.5, 0.6) is 5.75 Å². The van der Waals surface area contributed by atoms with Gasteiger partial charge in [-0.3, -0.25) is 9.69 Å². The van der Waals surface area contributed by atoms with Gasteiger partial charge in [-0.25, -0.2) is 4.98 Å². The molecule has 0 aliphatic carbocycles. The highest BCUT2D eigenvalue weighted by Gasteiger charge is 2.24. The van der Waals surface area contributed by atoms with Crippen LogP contribution in [0.2, 0.25) is 0 Å². The van der Waals surface area contributed by atoms with Crippen molar-refractivity contribution < 1.29 is 13.9 Å². The van der Waals surface area contributed by atoms with Crippen molar-refractivity contribution >= 4 is 5.91 Å². The number of ether oxygens (including phenoxy) is 1. The van der Waals surface area contributed by atoms with E-state index in [2.05, 4.69) is 40.2 Å². The summed E-state index contributed by atoms with van der Waals surface area (Å²) in [6.07, 6.45) is 3.36. The van der Waals surface area contributed by atoms with Crippen LogP contribution in [0.15, 0.2) is 59.0 Å². The van der Waals surface area contributed by atoms with Gasteiger partial charge in [0.2, 0.25) is 0 Å². The third kappa shape index (κ3) is 5.82. The minimum absolute atomic E-state index is 0.151. The summed E-state index contributed by atoms with van der Waals surface area (Å²) in [6, 6.07) is 18.2. The number of oxazole rings is 1. The first-order valence-corrected chi connectivity index (χ1v) is 11.7. The fourth-order valence-electron chi connectivity index (χ4n) is 4.42. The van der Waals surface area contributed by atoms with E-state index in [1.54, 1.807) is 12.0 Å². The zero-order valence-corrected chi connectivity index (χ0v) is 19.8. The number of carbonyl (C=O) groups excluding carboxylic acids is 1. The number of aryl methyl sites for hydroxylation is 1. The fraction of sp³-hybridized carbons (Fsp3) is 0.407. The summed E-state index contributed by atoms with van der Waals surface area (Å²) in [4.78, 5) is 21.7. The second-order valence-corrected chi connectivity index (χ2v) is 8.87. The second kappa shape index (κ2) is 10.7. The van der Waals surface area contributed by atoms with Crippen molar-refractivity contribution in [3.8, 4) is 17.0 Å². The number of nitrogens with zero attached hydrogens (tertiary/aromatic N) is 3. The Morgan fingerprint density at radius 2 is 1.82 bits per heavy atom. The van der Waals surface area contributed by atoms with Gasteiger partial charge in [0.15, 0.2) is 0 Å². The third-order valence-corrected chi connectivity index (χ3v) is 6.52. The number of likely N-dealkylation sites (tertiary alicyclic amines) is 1. The molecule has 0 spiro atoms. The molecule has 4 rings (SSSR count). The monoisotopic (exact) mass is 447 g/mol. The normalized spacial score (nSPS) is 14.9. The Bertz CT molecular complexity index is 1040. The number of methoxy groups -OCH3 is 1. The Morgan fingerprint density at radius 3 is 2.48 bits per heavy atom. The van der Waals surface area contributed by atoms with E-state index in [1.807, 2.05) is 38.2 Å². The van der Waals surface area contributed by atoms with Gasteiger partial charge in [-0.05, 0) is 75.0 Å². The highest BCUT2D eigenvalue weighted by Crippen LogP contribution is 2.26. The number of carbonyl (C=O) groups is 1. The molecule has 3 aromatic rings. The van der Waals surface area contributed by atoms with Crippen LogP contribution in [0.1, 0.15) is 41.3 Å². The van der Waals surface area contributed by atoms with E-state index in [-0.39, 0.29) is 11.8 Å². The molecule has 1 saturated heterocycles. The van der Waals surface area contributed by atoms with E-state index < -0.39 is 0 Å². The van der Waals surface area contributed by atoms with Gasteiger partial charge in [0.25, 0.3) is 5.89 Å². The molecule has 6 heteroatoms. The molecule has 1 fully saturated rings. The first kappa shape index (κ1) is 23.1. The number of rotatable bonds is 8. The average Bonchev–Trinajstić information content (AvgIpc) is 3.25. The molecule has 6 nitrogen and oxygen atoms in total. The fourth-order valence-corrected chi connectivity index (χ4v) is 4.42. The van der Waals surface area contributed by atoms with E-state index in [0.29, 0.717) is 23.9 Å². The van der Waals surface area contributed by atoms with Crippen LogP contribution in [0.25, 0.3) is 11.3 Å². The SMILES string of the molecule is COc1ccc(-c2nc(C(=O)N(C)CCC3CCN(Cc4ccccc4)CC3)oc2C)cc1. The molecule has 1 aromatic heterocycles. The Kier molecular flexibility index (Phi) is 7.45. The molecular weight excluding hydrogens is 414 g/mol. The first-order valence-electron chi connectivity index (χ1n) is 11.7. The Balaban J connectivity index is 1.27. The van der Waals surface area contributed by atoms with Gasteiger partial charge in [-0.1, -0.05) is 30.3 Å². The van der Waals surface area contributed by atoms with Crippen LogP contribution in [0.3, 0.4) is 0 Å². The predicted molar refractivity (Wildman–Crippen MR) is 129 cm³/mol. The number of amides is 1.